The van der Waals surface area contributed by atoms with Crippen LogP contribution in [-0.2, 0) is 0 Å². The number of nitrogens with zero attached hydrogens (tertiary/aromatic N) is 1. The van der Waals surface area contributed by atoms with Gasteiger partial charge >= 0.3 is 0 Å². The smallest absolute Gasteiger partial charge is 0.261 e. The highest BCUT2D eigenvalue weighted by Gasteiger charge is 2.23. The van der Waals surface area contributed by atoms with Crippen molar-refractivity contribution in [1.29, 1.82) is 5.41 Å². The van der Waals surface area contributed by atoms with E-state index in [1.807, 2.05) is 0 Å². The minimum absolute atomic E-state index is 0.226. The van der Waals surface area contributed by atoms with Gasteiger partial charge in [-0.1, -0.05) is 26.7 Å². The van der Waals surface area contributed by atoms with E-state index in [4.69, 9.17) is 5.41 Å². The highest BCUT2D eigenvalue weighted by molar-refractivity contribution is 5.83. The van der Waals surface area contributed by atoms with Crippen molar-refractivity contribution in [3.8, 4) is 0 Å². The number of hydrogen-bond acceptors (Lipinski definition) is 5. The van der Waals surface area contributed by atoms with Crippen LogP contribution in [0.5, 0.6) is 0 Å². The molecule has 6 nitrogen and oxygen atoms in total. The average Bonchev–Trinajstić information content (AvgIpc) is 2.37. The van der Waals surface area contributed by atoms with E-state index in [0.29, 0.717) is 17.4 Å². The molecule has 0 aliphatic carbocycles. The molecule has 2 heterocycles. The maximum absolute atomic E-state index is 12.1. The summed E-state index contributed by atoms with van der Waals surface area (Å²) in [5.74, 6) is 1.55. The Kier molecular flexibility index (Phi) is 5.50. The van der Waals surface area contributed by atoms with Crippen molar-refractivity contribution in [2.45, 2.75) is 51.5 Å². The molecule has 116 valence electrons. The van der Waals surface area contributed by atoms with Gasteiger partial charge in [0.1, 0.15) is 11.6 Å². The first kappa shape index (κ1) is 15.7. The Morgan fingerprint density at radius 3 is 2.52 bits per heavy atom. The van der Waals surface area contributed by atoms with Crippen LogP contribution in [0.25, 0.3) is 0 Å². The summed E-state index contributed by atoms with van der Waals surface area (Å²) < 4.78 is 0. The van der Waals surface area contributed by atoms with E-state index < -0.39 is 0 Å². The van der Waals surface area contributed by atoms with Crippen LogP contribution in [-0.4, -0.2) is 35.3 Å². The monoisotopic (exact) mass is 291 g/mol. The van der Waals surface area contributed by atoms with Gasteiger partial charge < -0.3 is 21.0 Å². The molecule has 0 unspecified atom stereocenters. The zero-order chi connectivity index (χ0) is 15.2. The van der Waals surface area contributed by atoms with Crippen molar-refractivity contribution in [2.24, 2.45) is 0 Å². The summed E-state index contributed by atoms with van der Waals surface area (Å²) in [4.78, 5) is 19.5. The molecule has 1 aromatic heterocycles. The normalized spacial score (nSPS) is 15.0. The molecular weight excluding hydrogens is 266 g/mol. The third kappa shape index (κ3) is 3.69. The summed E-state index contributed by atoms with van der Waals surface area (Å²) in [6.45, 7) is 6.00. The molecule has 21 heavy (non-hydrogen) atoms. The maximum atomic E-state index is 12.1. The van der Waals surface area contributed by atoms with Gasteiger partial charge in [0.05, 0.1) is 5.56 Å². The van der Waals surface area contributed by atoms with Gasteiger partial charge in [-0.2, -0.15) is 0 Å². The Bertz CT molecular complexity index is 529. The van der Waals surface area contributed by atoms with Crippen molar-refractivity contribution in [3.05, 3.63) is 21.7 Å². The Morgan fingerprint density at radius 2 is 2.05 bits per heavy atom. The second kappa shape index (κ2) is 7.36. The van der Waals surface area contributed by atoms with Gasteiger partial charge in [-0.05, 0) is 12.8 Å². The summed E-state index contributed by atoms with van der Waals surface area (Å²) >= 11 is 0. The van der Waals surface area contributed by atoms with Crippen molar-refractivity contribution >= 4 is 12.0 Å². The summed E-state index contributed by atoms with van der Waals surface area (Å²) in [5.41, 5.74) is 0.0967. The molecule has 1 saturated heterocycles. The van der Waals surface area contributed by atoms with Crippen LogP contribution in [0.4, 0.5) is 5.82 Å². The number of aromatic nitrogens is 2. The standard InChI is InChI=1S/C15H25N5O/c1-3-5-11(6-4-2)18-14-12(7-16)15(21)20-13(19-14)10-8-17-9-10/h7,10-11,16-17H,3-6,8-9H2,1-2H3,(H2,18,19,20,21). The van der Waals surface area contributed by atoms with Crippen LogP contribution in [0.2, 0.25) is 0 Å². The number of hydrogen-bond donors (Lipinski definition) is 4. The third-order valence-electron chi connectivity index (χ3n) is 3.90. The second-order valence-corrected chi connectivity index (χ2v) is 5.63. The van der Waals surface area contributed by atoms with E-state index in [9.17, 15) is 4.79 Å². The molecule has 1 aromatic rings. The van der Waals surface area contributed by atoms with E-state index in [2.05, 4.69) is 34.4 Å². The number of anilines is 1. The van der Waals surface area contributed by atoms with Gasteiger partial charge in [0.25, 0.3) is 5.56 Å². The predicted octanol–water partition coefficient (Wildman–Crippen LogP) is 1.84. The predicted molar refractivity (Wildman–Crippen MR) is 85.6 cm³/mol. The Balaban J connectivity index is 2.28. The Morgan fingerprint density at radius 1 is 1.38 bits per heavy atom. The minimum atomic E-state index is -0.226. The van der Waals surface area contributed by atoms with Crippen LogP contribution >= 0.6 is 0 Å². The number of rotatable bonds is 8. The molecule has 0 spiro atoms. The van der Waals surface area contributed by atoms with Crippen molar-refractivity contribution in [3.63, 3.8) is 0 Å². The first-order valence-corrected chi connectivity index (χ1v) is 7.81. The van der Waals surface area contributed by atoms with E-state index in [1.165, 1.54) is 0 Å². The van der Waals surface area contributed by atoms with Crippen LogP contribution in [0.3, 0.4) is 0 Å². The molecule has 0 bridgehead atoms. The lowest BCUT2D eigenvalue weighted by atomic mass is 10.0. The summed E-state index contributed by atoms with van der Waals surface area (Å²) in [6.07, 6.45) is 5.34. The molecule has 0 radical (unpaired) electrons. The molecule has 0 saturated carbocycles. The lowest BCUT2D eigenvalue weighted by molar-refractivity contribution is 0.429. The molecule has 1 fully saturated rings. The second-order valence-electron chi connectivity index (χ2n) is 5.63. The highest BCUT2D eigenvalue weighted by Crippen LogP contribution is 2.19. The summed E-state index contributed by atoms with van der Waals surface area (Å²) in [6, 6.07) is 0.306. The van der Waals surface area contributed by atoms with Gasteiger partial charge in [-0.25, -0.2) is 4.98 Å². The SMILES string of the molecule is CCCC(CCC)Nc1nc(C2CNC2)[nH]c(=O)c1C=N. The average molecular weight is 291 g/mol. The van der Waals surface area contributed by atoms with Gasteiger partial charge in [0.15, 0.2) is 0 Å². The minimum Gasteiger partial charge on any atom is -0.367 e. The first-order chi connectivity index (χ1) is 10.2. The Labute approximate surface area is 125 Å². The van der Waals surface area contributed by atoms with E-state index in [-0.39, 0.29) is 11.5 Å². The highest BCUT2D eigenvalue weighted by atomic mass is 16.1. The van der Waals surface area contributed by atoms with Gasteiger partial charge in [0.2, 0.25) is 0 Å². The topological polar surface area (TPSA) is 93.7 Å². The van der Waals surface area contributed by atoms with Gasteiger partial charge in [-0.3, -0.25) is 4.79 Å². The van der Waals surface area contributed by atoms with Crippen LogP contribution < -0.4 is 16.2 Å². The summed E-state index contributed by atoms with van der Waals surface area (Å²) in [5, 5.41) is 14.0. The van der Waals surface area contributed by atoms with Crippen LogP contribution in [0.15, 0.2) is 4.79 Å². The lowest BCUT2D eigenvalue weighted by Gasteiger charge is -2.27. The third-order valence-corrected chi connectivity index (χ3v) is 3.90. The number of H-pyrrole nitrogens is 1. The quantitative estimate of drug-likeness (QED) is 0.550. The molecular formula is C15H25N5O. The van der Waals surface area contributed by atoms with Gasteiger partial charge in [-0.15, -0.1) is 0 Å². The molecule has 0 atom stereocenters. The largest absolute Gasteiger partial charge is 0.367 e. The molecule has 1 aliphatic heterocycles. The molecule has 4 N–H and O–H groups in total. The molecule has 2 rings (SSSR count). The zero-order valence-electron chi connectivity index (χ0n) is 12.8. The zero-order valence-corrected chi connectivity index (χ0v) is 12.8. The number of aromatic amines is 1. The van der Waals surface area contributed by atoms with Gasteiger partial charge in [0, 0.05) is 31.3 Å². The molecule has 0 amide bonds. The van der Waals surface area contributed by atoms with Crippen molar-refractivity contribution in [2.75, 3.05) is 18.4 Å². The van der Waals surface area contributed by atoms with E-state index in [1.54, 1.807) is 0 Å². The fourth-order valence-corrected chi connectivity index (χ4v) is 2.60. The fraction of sp³-hybridized carbons (Fsp3) is 0.667. The lowest BCUT2D eigenvalue weighted by Crippen LogP contribution is -2.42. The van der Waals surface area contributed by atoms with Crippen LogP contribution in [0.1, 0.15) is 56.8 Å². The molecule has 1 aliphatic rings. The molecule has 6 heteroatoms. The maximum Gasteiger partial charge on any atom is 0.261 e. The van der Waals surface area contributed by atoms with Crippen LogP contribution in [0, 0.1) is 5.41 Å². The molecule has 0 aromatic carbocycles. The number of nitrogens with one attached hydrogen (secondary N) is 4. The van der Waals surface area contributed by atoms with E-state index >= 15 is 0 Å². The Hall–Kier alpha value is -1.69. The van der Waals surface area contributed by atoms with E-state index in [0.717, 1.165) is 50.8 Å². The first-order valence-electron chi connectivity index (χ1n) is 7.81. The van der Waals surface area contributed by atoms with Crippen molar-refractivity contribution < 1.29 is 0 Å². The fourth-order valence-electron chi connectivity index (χ4n) is 2.60. The summed E-state index contributed by atoms with van der Waals surface area (Å²) in [7, 11) is 0. The van der Waals surface area contributed by atoms with Crippen molar-refractivity contribution in [1.82, 2.24) is 15.3 Å².